The zero-order valence-electron chi connectivity index (χ0n) is 13.2. The highest BCUT2D eigenvalue weighted by atomic mass is 35.5. The van der Waals surface area contributed by atoms with Gasteiger partial charge in [-0.15, -0.1) is 0 Å². The van der Waals surface area contributed by atoms with Crippen LogP contribution in [0.3, 0.4) is 0 Å². The van der Waals surface area contributed by atoms with Crippen LogP contribution in [-0.2, 0) is 18.0 Å². The van der Waals surface area contributed by atoms with Crippen molar-refractivity contribution in [2.45, 2.75) is 19.6 Å². The van der Waals surface area contributed by atoms with Crippen LogP contribution < -0.4 is 5.32 Å². The van der Waals surface area contributed by atoms with Gasteiger partial charge in [0.1, 0.15) is 6.61 Å². The second-order valence-electron chi connectivity index (χ2n) is 5.19. The molecule has 0 fully saturated rings. The van der Waals surface area contributed by atoms with E-state index in [0.29, 0.717) is 18.0 Å². The molecule has 4 nitrogen and oxygen atoms in total. The Kier molecular flexibility index (Phi) is 7.33. The molecule has 0 saturated heterocycles. The normalized spacial score (nSPS) is 10.8. The first-order chi connectivity index (χ1) is 11.7. The molecule has 2 N–H and O–H groups in total. The van der Waals surface area contributed by atoms with E-state index in [2.05, 4.69) is 5.32 Å². The van der Waals surface area contributed by atoms with Crippen LogP contribution in [0, 0.1) is 0 Å². The van der Waals surface area contributed by atoms with E-state index in [1.165, 1.54) is 0 Å². The minimum absolute atomic E-state index is 0.0210. The molecule has 0 aliphatic rings. The minimum Gasteiger partial charge on any atom is -0.445 e. The van der Waals surface area contributed by atoms with Crippen LogP contribution in [0.2, 0.25) is 5.02 Å². The molecule has 0 radical (unpaired) electrons. The largest absolute Gasteiger partial charge is 0.445 e. The van der Waals surface area contributed by atoms with Gasteiger partial charge in [-0.05, 0) is 35.2 Å². The van der Waals surface area contributed by atoms with E-state index < -0.39 is 6.09 Å². The summed E-state index contributed by atoms with van der Waals surface area (Å²) in [6.45, 7) is 0.709. The van der Waals surface area contributed by atoms with Gasteiger partial charge in [0, 0.05) is 11.6 Å². The lowest BCUT2D eigenvalue weighted by molar-refractivity contribution is 0.140. The fraction of sp³-hybridized carbons (Fsp3) is 0.211. The minimum atomic E-state index is -0.437. The molecule has 2 rings (SSSR count). The molecule has 0 aromatic heterocycles. The van der Waals surface area contributed by atoms with Crippen LogP contribution in [0.25, 0.3) is 6.08 Å². The van der Waals surface area contributed by atoms with Crippen molar-refractivity contribution in [3.05, 3.63) is 76.3 Å². The molecule has 0 aliphatic carbocycles. The maximum absolute atomic E-state index is 11.6. The summed E-state index contributed by atoms with van der Waals surface area (Å²) in [5.74, 6) is 0. The number of ether oxygens (including phenoxy) is 1. The topological polar surface area (TPSA) is 58.6 Å². The van der Waals surface area contributed by atoms with E-state index in [1.54, 1.807) is 12.1 Å². The number of carbonyl (C=O) groups excluding carboxylic acids is 1. The van der Waals surface area contributed by atoms with Gasteiger partial charge in [0.25, 0.3) is 0 Å². The maximum Gasteiger partial charge on any atom is 0.407 e. The number of carbonyl (C=O) groups is 1. The van der Waals surface area contributed by atoms with Crippen molar-refractivity contribution in [3.8, 4) is 0 Å². The van der Waals surface area contributed by atoms with Crippen LogP contribution >= 0.6 is 11.6 Å². The van der Waals surface area contributed by atoms with Crippen LogP contribution in [0.4, 0.5) is 4.79 Å². The van der Waals surface area contributed by atoms with Crippen LogP contribution in [0.1, 0.15) is 23.1 Å². The van der Waals surface area contributed by atoms with E-state index in [-0.39, 0.29) is 13.2 Å². The summed E-state index contributed by atoms with van der Waals surface area (Å²) in [6.07, 6.45) is 4.01. The molecule has 0 aliphatic heterocycles. The Hall–Kier alpha value is -2.30. The average Bonchev–Trinajstić information content (AvgIpc) is 2.62. The first-order valence-electron chi connectivity index (χ1n) is 7.69. The Morgan fingerprint density at radius 1 is 1.17 bits per heavy atom. The molecule has 0 saturated carbocycles. The zero-order valence-corrected chi connectivity index (χ0v) is 14.0. The van der Waals surface area contributed by atoms with Gasteiger partial charge in [-0.25, -0.2) is 4.79 Å². The van der Waals surface area contributed by atoms with Crippen molar-refractivity contribution < 1.29 is 14.6 Å². The summed E-state index contributed by atoms with van der Waals surface area (Å²) >= 11 is 6.09. The van der Waals surface area contributed by atoms with Crippen LogP contribution in [0.15, 0.2) is 54.6 Å². The van der Waals surface area contributed by atoms with Crippen molar-refractivity contribution in [1.29, 1.82) is 0 Å². The van der Waals surface area contributed by atoms with Gasteiger partial charge in [0.05, 0.1) is 6.61 Å². The van der Waals surface area contributed by atoms with Crippen molar-refractivity contribution in [2.75, 3.05) is 6.54 Å². The van der Waals surface area contributed by atoms with Crippen molar-refractivity contribution in [1.82, 2.24) is 5.32 Å². The van der Waals surface area contributed by atoms with Gasteiger partial charge in [-0.1, -0.05) is 60.2 Å². The van der Waals surface area contributed by atoms with Crippen LogP contribution in [0.5, 0.6) is 0 Å². The van der Waals surface area contributed by atoms with E-state index >= 15 is 0 Å². The standard InChI is InChI=1S/C19H20ClNO3/c20-18-10-9-16(13-22)12-17(18)8-4-5-11-21-19(23)24-14-15-6-2-1-3-7-15/h1-4,6-10,12,22H,5,11,13-14H2,(H,21,23). The van der Waals surface area contributed by atoms with E-state index in [4.69, 9.17) is 21.4 Å². The number of aliphatic hydroxyl groups excluding tert-OH is 1. The SMILES string of the molecule is O=C(NCCC=Cc1cc(CO)ccc1Cl)OCc1ccccc1. The summed E-state index contributed by atoms with van der Waals surface area (Å²) in [6, 6.07) is 14.9. The highest BCUT2D eigenvalue weighted by Gasteiger charge is 2.01. The Morgan fingerprint density at radius 3 is 2.71 bits per heavy atom. The summed E-state index contributed by atoms with van der Waals surface area (Å²) in [5, 5.41) is 12.4. The third kappa shape index (κ3) is 6.07. The average molecular weight is 346 g/mol. The quantitative estimate of drug-likeness (QED) is 0.741. The third-order valence-electron chi connectivity index (χ3n) is 3.33. The Morgan fingerprint density at radius 2 is 1.96 bits per heavy atom. The Balaban J connectivity index is 1.69. The number of rotatable bonds is 7. The number of benzene rings is 2. The van der Waals surface area contributed by atoms with Gasteiger partial charge in [-0.2, -0.15) is 0 Å². The van der Waals surface area contributed by atoms with E-state index in [0.717, 1.165) is 16.7 Å². The molecule has 1 amide bonds. The molecule has 24 heavy (non-hydrogen) atoms. The van der Waals surface area contributed by atoms with Gasteiger partial charge >= 0.3 is 6.09 Å². The van der Waals surface area contributed by atoms with E-state index in [9.17, 15) is 4.79 Å². The number of hydrogen-bond donors (Lipinski definition) is 2. The summed E-state index contributed by atoms with van der Waals surface area (Å²) in [4.78, 5) is 11.6. The predicted molar refractivity (Wildman–Crippen MR) is 95.7 cm³/mol. The fourth-order valence-electron chi connectivity index (χ4n) is 2.06. The Labute approximate surface area is 146 Å². The lowest BCUT2D eigenvalue weighted by Crippen LogP contribution is -2.24. The molecule has 0 heterocycles. The highest BCUT2D eigenvalue weighted by molar-refractivity contribution is 6.32. The number of hydrogen-bond acceptors (Lipinski definition) is 3. The lowest BCUT2D eigenvalue weighted by Gasteiger charge is -2.06. The molecule has 0 unspecified atom stereocenters. The monoisotopic (exact) mass is 345 g/mol. The number of aliphatic hydroxyl groups is 1. The molecule has 0 spiro atoms. The Bertz CT molecular complexity index is 686. The number of nitrogens with one attached hydrogen (secondary N) is 1. The molecular formula is C19H20ClNO3. The molecule has 0 bridgehead atoms. The molecular weight excluding hydrogens is 326 g/mol. The van der Waals surface area contributed by atoms with Gasteiger partial charge < -0.3 is 15.2 Å². The predicted octanol–water partition coefficient (Wildman–Crippen LogP) is 4.16. The smallest absolute Gasteiger partial charge is 0.407 e. The van der Waals surface area contributed by atoms with E-state index in [1.807, 2.05) is 48.6 Å². The lowest BCUT2D eigenvalue weighted by atomic mass is 10.1. The summed E-state index contributed by atoms with van der Waals surface area (Å²) < 4.78 is 5.12. The molecule has 2 aromatic carbocycles. The number of amides is 1. The molecule has 2 aromatic rings. The maximum atomic E-state index is 11.6. The van der Waals surface area contributed by atoms with Crippen molar-refractivity contribution >= 4 is 23.8 Å². The summed E-state index contributed by atoms with van der Waals surface area (Å²) in [5.41, 5.74) is 2.60. The van der Waals surface area contributed by atoms with Crippen molar-refractivity contribution in [3.63, 3.8) is 0 Å². The van der Waals surface area contributed by atoms with Crippen LogP contribution in [-0.4, -0.2) is 17.7 Å². The zero-order chi connectivity index (χ0) is 17.2. The fourth-order valence-corrected chi connectivity index (χ4v) is 2.24. The first kappa shape index (κ1) is 18.0. The van der Waals surface area contributed by atoms with Crippen molar-refractivity contribution in [2.24, 2.45) is 0 Å². The molecule has 0 atom stereocenters. The third-order valence-corrected chi connectivity index (χ3v) is 3.68. The van der Waals surface area contributed by atoms with Gasteiger partial charge in [0.2, 0.25) is 0 Å². The second-order valence-corrected chi connectivity index (χ2v) is 5.60. The molecule has 5 heteroatoms. The second kappa shape index (κ2) is 9.75. The number of alkyl carbamates (subject to hydrolysis) is 1. The molecule has 126 valence electrons. The van der Waals surface area contributed by atoms with Gasteiger partial charge in [-0.3, -0.25) is 0 Å². The van der Waals surface area contributed by atoms with Gasteiger partial charge in [0.15, 0.2) is 0 Å². The highest BCUT2D eigenvalue weighted by Crippen LogP contribution is 2.19. The first-order valence-corrected chi connectivity index (χ1v) is 8.07. The summed E-state index contributed by atoms with van der Waals surface area (Å²) in [7, 11) is 0. The number of halogens is 1.